The Morgan fingerprint density at radius 3 is 2.53 bits per heavy atom. The topological polar surface area (TPSA) is 38.3 Å². The number of benzene rings is 1. The van der Waals surface area contributed by atoms with Gasteiger partial charge in [0.05, 0.1) is 5.69 Å². The molecular weight excluding hydrogens is 228 g/mol. The molecule has 0 saturated carbocycles. The van der Waals surface area contributed by atoms with Gasteiger partial charge in [0.1, 0.15) is 0 Å². The Bertz CT molecular complexity index is 478. The van der Waals surface area contributed by atoms with Gasteiger partial charge in [-0.1, -0.05) is 26.8 Å². The molecular formula is C12H13F2NO2. The quantitative estimate of drug-likeness (QED) is 0.758. The first kappa shape index (κ1) is 11.8. The van der Waals surface area contributed by atoms with Crippen LogP contribution >= 0.6 is 0 Å². The number of hydrogen-bond donors (Lipinski definition) is 1. The van der Waals surface area contributed by atoms with Crippen molar-refractivity contribution in [1.82, 2.24) is 0 Å². The number of amides is 1. The molecule has 0 saturated heterocycles. The first-order valence-corrected chi connectivity index (χ1v) is 5.23. The van der Waals surface area contributed by atoms with E-state index in [1.54, 1.807) is 12.1 Å². The molecule has 1 aliphatic rings. The molecule has 0 radical (unpaired) electrons. The average molecular weight is 241 g/mol. The summed E-state index contributed by atoms with van der Waals surface area (Å²) in [6, 6.07) is 4.82. The Labute approximate surface area is 97.8 Å². The summed E-state index contributed by atoms with van der Waals surface area (Å²) in [6.07, 6.45) is -3.80. The lowest BCUT2D eigenvalue weighted by Gasteiger charge is -2.27. The van der Waals surface area contributed by atoms with Gasteiger partial charge in [0.15, 0.2) is 5.75 Å². The van der Waals surface area contributed by atoms with Gasteiger partial charge in [0.25, 0.3) is 0 Å². The first-order valence-electron chi connectivity index (χ1n) is 5.23. The van der Waals surface area contributed by atoms with Crippen LogP contribution in [0.5, 0.6) is 5.75 Å². The second kappa shape index (κ2) is 3.42. The van der Waals surface area contributed by atoms with E-state index in [0.29, 0.717) is 0 Å². The highest BCUT2D eigenvalue weighted by Crippen LogP contribution is 2.37. The molecule has 1 aromatic carbocycles. The van der Waals surface area contributed by atoms with Crippen LogP contribution in [0.4, 0.5) is 14.5 Å². The van der Waals surface area contributed by atoms with Crippen LogP contribution in [0.15, 0.2) is 18.2 Å². The maximum atomic E-state index is 13.0. The lowest BCUT2D eigenvalue weighted by atomic mass is 9.86. The molecule has 3 nitrogen and oxygen atoms in total. The van der Waals surface area contributed by atoms with Crippen LogP contribution in [-0.4, -0.2) is 12.0 Å². The molecule has 1 aliphatic heterocycles. The van der Waals surface area contributed by atoms with Crippen molar-refractivity contribution < 1.29 is 18.3 Å². The predicted molar refractivity (Wildman–Crippen MR) is 59.3 cm³/mol. The molecule has 0 fully saturated rings. The van der Waals surface area contributed by atoms with Gasteiger partial charge < -0.3 is 10.1 Å². The van der Waals surface area contributed by atoms with Crippen molar-refractivity contribution in [1.29, 1.82) is 0 Å². The van der Waals surface area contributed by atoms with E-state index in [1.807, 2.05) is 20.8 Å². The summed E-state index contributed by atoms with van der Waals surface area (Å²) >= 11 is 0. The van der Waals surface area contributed by atoms with E-state index in [9.17, 15) is 13.6 Å². The molecule has 0 aliphatic carbocycles. The summed E-state index contributed by atoms with van der Waals surface area (Å²) < 4.78 is 30.3. The number of nitrogens with one attached hydrogen (secondary N) is 1. The number of rotatable bonds is 0. The zero-order valence-corrected chi connectivity index (χ0v) is 9.80. The summed E-state index contributed by atoms with van der Waals surface area (Å²) in [5.74, 6) is -1.45. The monoisotopic (exact) mass is 241 g/mol. The standard InChI is InChI=1S/C12H13F2NO2/c1-11(2,3)7-4-5-9-8(6-7)15-10(16)12(13,14)17-9/h4-6H,1-3H3,(H,15,16). The van der Waals surface area contributed by atoms with Crippen LogP contribution in [0.1, 0.15) is 26.3 Å². The van der Waals surface area contributed by atoms with Crippen LogP contribution < -0.4 is 10.1 Å². The highest BCUT2D eigenvalue weighted by atomic mass is 19.3. The number of halogens is 2. The van der Waals surface area contributed by atoms with Crippen molar-refractivity contribution >= 4 is 11.6 Å². The van der Waals surface area contributed by atoms with Crippen molar-refractivity contribution in [3.05, 3.63) is 23.8 Å². The maximum absolute atomic E-state index is 13.0. The second-order valence-electron chi connectivity index (χ2n) is 5.03. The van der Waals surface area contributed by atoms with Crippen LogP contribution in [0.25, 0.3) is 0 Å². The number of fused-ring (bicyclic) bond motifs is 1. The minimum Gasteiger partial charge on any atom is -0.423 e. The Hall–Kier alpha value is -1.65. The molecule has 0 aromatic heterocycles. The SMILES string of the molecule is CC(C)(C)c1ccc2c(c1)NC(=O)C(F)(F)O2. The van der Waals surface area contributed by atoms with Gasteiger partial charge in [-0.05, 0) is 23.1 Å². The summed E-state index contributed by atoms with van der Waals surface area (Å²) in [7, 11) is 0. The molecule has 0 bridgehead atoms. The zero-order valence-electron chi connectivity index (χ0n) is 9.80. The van der Waals surface area contributed by atoms with E-state index in [2.05, 4.69) is 10.1 Å². The highest BCUT2D eigenvalue weighted by molar-refractivity contribution is 5.98. The number of anilines is 1. The lowest BCUT2D eigenvalue weighted by molar-refractivity contribution is -0.189. The van der Waals surface area contributed by atoms with E-state index in [4.69, 9.17) is 0 Å². The normalized spacial score (nSPS) is 18.1. The van der Waals surface area contributed by atoms with Gasteiger partial charge in [-0.25, -0.2) is 0 Å². The van der Waals surface area contributed by atoms with Crippen LogP contribution in [-0.2, 0) is 10.2 Å². The summed E-state index contributed by atoms with van der Waals surface area (Å²) in [5.41, 5.74) is 1.10. The number of hydrogen-bond acceptors (Lipinski definition) is 2. The number of ether oxygens (including phenoxy) is 1. The second-order valence-corrected chi connectivity index (χ2v) is 5.03. The Balaban J connectivity index is 2.43. The number of carbonyl (C=O) groups excluding carboxylic acids is 1. The van der Waals surface area contributed by atoms with E-state index in [-0.39, 0.29) is 16.9 Å². The van der Waals surface area contributed by atoms with Crippen LogP contribution in [0, 0.1) is 0 Å². The molecule has 17 heavy (non-hydrogen) atoms. The third-order valence-electron chi connectivity index (χ3n) is 2.60. The number of alkyl halides is 2. The van der Waals surface area contributed by atoms with E-state index in [0.717, 1.165) is 5.56 Å². The van der Waals surface area contributed by atoms with Gasteiger partial charge in [0.2, 0.25) is 0 Å². The molecule has 0 atom stereocenters. The number of carbonyl (C=O) groups is 1. The lowest BCUT2D eigenvalue weighted by Crippen LogP contribution is -2.43. The molecule has 1 amide bonds. The Kier molecular flexibility index (Phi) is 2.38. The molecule has 1 aromatic rings. The molecule has 0 unspecified atom stereocenters. The summed E-state index contributed by atoms with van der Waals surface area (Å²) in [5, 5.41) is 2.15. The van der Waals surface area contributed by atoms with E-state index < -0.39 is 12.0 Å². The first-order chi connectivity index (χ1) is 7.70. The zero-order chi connectivity index (χ0) is 12.8. The Morgan fingerprint density at radius 1 is 1.29 bits per heavy atom. The minimum absolute atomic E-state index is 0.0115. The molecule has 1 N–H and O–H groups in total. The molecule has 5 heteroatoms. The van der Waals surface area contributed by atoms with E-state index >= 15 is 0 Å². The van der Waals surface area contributed by atoms with Gasteiger partial charge >= 0.3 is 12.0 Å². The fourth-order valence-electron chi connectivity index (χ4n) is 1.56. The molecule has 2 rings (SSSR count). The molecule has 0 spiro atoms. The van der Waals surface area contributed by atoms with Crippen LogP contribution in [0.2, 0.25) is 0 Å². The van der Waals surface area contributed by atoms with Gasteiger partial charge in [-0.2, -0.15) is 8.78 Å². The van der Waals surface area contributed by atoms with Crippen molar-refractivity contribution in [3.8, 4) is 5.75 Å². The highest BCUT2D eigenvalue weighted by Gasteiger charge is 2.46. The summed E-state index contributed by atoms with van der Waals surface area (Å²) in [6.45, 7) is 5.98. The fourth-order valence-corrected chi connectivity index (χ4v) is 1.56. The van der Waals surface area contributed by atoms with Crippen molar-refractivity contribution in [3.63, 3.8) is 0 Å². The fraction of sp³-hybridized carbons (Fsp3) is 0.417. The minimum atomic E-state index is -3.80. The van der Waals surface area contributed by atoms with Crippen molar-refractivity contribution in [2.75, 3.05) is 5.32 Å². The van der Waals surface area contributed by atoms with Gasteiger partial charge in [0, 0.05) is 0 Å². The van der Waals surface area contributed by atoms with Crippen molar-refractivity contribution in [2.24, 2.45) is 0 Å². The van der Waals surface area contributed by atoms with Gasteiger partial charge in [-0.15, -0.1) is 0 Å². The maximum Gasteiger partial charge on any atom is 0.482 e. The summed E-state index contributed by atoms with van der Waals surface area (Å²) in [4.78, 5) is 11.1. The largest absolute Gasteiger partial charge is 0.482 e. The third-order valence-corrected chi connectivity index (χ3v) is 2.60. The Morgan fingerprint density at radius 2 is 1.94 bits per heavy atom. The predicted octanol–water partition coefficient (Wildman–Crippen LogP) is 2.91. The average Bonchev–Trinajstić information content (AvgIpc) is 2.17. The van der Waals surface area contributed by atoms with Gasteiger partial charge in [-0.3, -0.25) is 4.79 Å². The third kappa shape index (κ3) is 2.09. The van der Waals surface area contributed by atoms with Crippen LogP contribution in [0.3, 0.4) is 0 Å². The van der Waals surface area contributed by atoms with Crippen molar-refractivity contribution in [2.45, 2.75) is 32.3 Å². The molecule has 92 valence electrons. The molecule has 1 heterocycles. The smallest absolute Gasteiger partial charge is 0.423 e. The van der Waals surface area contributed by atoms with E-state index in [1.165, 1.54) is 6.07 Å².